The largest absolute Gasteiger partial charge is 0.494 e. The van der Waals surface area contributed by atoms with E-state index in [4.69, 9.17) is 4.74 Å². The molecule has 0 spiro atoms. The van der Waals surface area contributed by atoms with Gasteiger partial charge in [0.25, 0.3) is 0 Å². The van der Waals surface area contributed by atoms with Crippen molar-refractivity contribution in [3.63, 3.8) is 0 Å². The standard InChI is InChI=1S/C18H22INO/c1-4-11-21-17-9-6-15(7-10-17)14(3)20-16-8-5-13(2)18(19)12-16/h5-10,12,14,20H,4,11H2,1-3H3. The smallest absolute Gasteiger partial charge is 0.119 e. The number of ether oxygens (including phenoxy) is 1. The van der Waals surface area contributed by atoms with E-state index in [1.54, 1.807) is 0 Å². The van der Waals surface area contributed by atoms with Gasteiger partial charge in [0.05, 0.1) is 6.61 Å². The highest BCUT2D eigenvalue weighted by Gasteiger charge is 2.06. The maximum atomic E-state index is 5.62. The number of anilines is 1. The molecule has 0 saturated carbocycles. The van der Waals surface area contributed by atoms with E-state index in [0.29, 0.717) is 0 Å². The first-order valence-electron chi connectivity index (χ1n) is 7.35. The lowest BCUT2D eigenvalue weighted by atomic mass is 10.1. The lowest BCUT2D eigenvalue weighted by Crippen LogP contribution is -2.07. The zero-order valence-electron chi connectivity index (χ0n) is 12.8. The molecular weight excluding hydrogens is 373 g/mol. The topological polar surface area (TPSA) is 21.3 Å². The third-order valence-corrected chi connectivity index (χ3v) is 4.57. The third-order valence-electron chi connectivity index (χ3n) is 3.41. The number of aryl methyl sites for hydroxylation is 1. The highest BCUT2D eigenvalue weighted by atomic mass is 127. The maximum absolute atomic E-state index is 5.62. The van der Waals surface area contributed by atoms with Gasteiger partial charge in [0, 0.05) is 15.3 Å². The molecule has 2 nitrogen and oxygen atoms in total. The predicted molar refractivity (Wildman–Crippen MR) is 98.2 cm³/mol. The van der Waals surface area contributed by atoms with Gasteiger partial charge in [0.15, 0.2) is 0 Å². The van der Waals surface area contributed by atoms with Crippen LogP contribution in [0.2, 0.25) is 0 Å². The van der Waals surface area contributed by atoms with E-state index in [9.17, 15) is 0 Å². The molecule has 0 aliphatic heterocycles. The minimum atomic E-state index is 0.267. The second-order valence-electron chi connectivity index (χ2n) is 5.25. The van der Waals surface area contributed by atoms with Crippen molar-refractivity contribution in [3.05, 3.63) is 57.2 Å². The monoisotopic (exact) mass is 395 g/mol. The van der Waals surface area contributed by atoms with Gasteiger partial charge < -0.3 is 10.1 Å². The van der Waals surface area contributed by atoms with E-state index < -0.39 is 0 Å². The Morgan fingerprint density at radius 1 is 1.14 bits per heavy atom. The fourth-order valence-corrected chi connectivity index (χ4v) is 2.60. The SMILES string of the molecule is CCCOc1ccc(C(C)Nc2ccc(C)c(I)c2)cc1. The Morgan fingerprint density at radius 3 is 2.48 bits per heavy atom. The molecule has 0 heterocycles. The number of rotatable bonds is 6. The van der Waals surface area contributed by atoms with Crippen molar-refractivity contribution < 1.29 is 4.74 Å². The van der Waals surface area contributed by atoms with Crippen LogP contribution in [0.5, 0.6) is 5.75 Å². The van der Waals surface area contributed by atoms with Crippen LogP contribution in [0.15, 0.2) is 42.5 Å². The van der Waals surface area contributed by atoms with Crippen LogP contribution in [0.3, 0.4) is 0 Å². The quantitative estimate of drug-likeness (QED) is 0.647. The van der Waals surface area contributed by atoms with Gasteiger partial charge >= 0.3 is 0 Å². The van der Waals surface area contributed by atoms with E-state index in [-0.39, 0.29) is 6.04 Å². The van der Waals surface area contributed by atoms with Crippen LogP contribution in [0, 0.1) is 10.5 Å². The molecule has 3 heteroatoms. The molecule has 0 aromatic heterocycles. The van der Waals surface area contributed by atoms with Crippen LogP contribution in [0.1, 0.15) is 37.4 Å². The van der Waals surface area contributed by atoms with Gasteiger partial charge in [-0.25, -0.2) is 0 Å². The number of hydrogen-bond donors (Lipinski definition) is 1. The van der Waals surface area contributed by atoms with Gasteiger partial charge in [-0.05, 0) is 78.3 Å². The first-order chi connectivity index (χ1) is 10.1. The van der Waals surface area contributed by atoms with Gasteiger partial charge in [-0.2, -0.15) is 0 Å². The van der Waals surface area contributed by atoms with E-state index in [1.807, 2.05) is 12.1 Å². The molecule has 1 atom stereocenters. The molecule has 112 valence electrons. The molecule has 1 unspecified atom stereocenters. The van der Waals surface area contributed by atoms with E-state index in [1.165, 1.54) is 14.7 Å². The van der Waals surface area contributed by atoms with Gasteiger partial charge in [-0.3, -0.25) is 0 Å². The van der Waals surface area contributed by atoms with Crippen LogP contribution in [-0.4, -0.2) is 6.61 Å². The third kappa shape index (κ3) is 4.63. The van der Waals surface area contributed by atoms with Gasteiger partial charge in [-0.1, -0.05) is 25.1 Å². The molecule has 21 heavy (non-hydrogen) atoms. The fourth-order valence-electron chi connectivity index (χ4n) is 2.09. The molecule has 2 rings (SSSR count). The number of hydrogen-bond acceptors (Lipinski definition) is 2. The lowest BCUT2D eigenvalue weighted by molar-refractivity contribution is 0.317. The summed E-state index contributed by atoms with van der Waals surface area (Å²) >= 11 is 2.37. The summed E-state index contributed by atoms with van der Waals surface area (Å²) in [5.41, 5.74) is 3.73. The van der Waals surface area contributed by atoms with Gasteiger partial charge in [0.2, 0.25) is 0 Å². The fraction of sp³-hybridized carbons (Fsp3) is 0.333. The molecule has 0 bridgehead atoms. The van der Waals surface area contributed by atoms with Crippen LogP contribution in [0.25, 0.3) is 0 Å². The van der Waals surface area contributed by atoms with Crippen molar-refractivity contribution in [1.29, 1.82) is 0 Å². The summed E-state index contributed by atoms with van der Waals surface area (Å²) in [4.78, 5) is 0. The molecule has 0 aliphatic carbocycles. The summed E-state index contributed by atoms with van der Waals surface area (Å²) in [7, 11) is 0. The summed E-state index contributed by atoms with van der Waals surface area (Å²) in [5, 5.41) is 3.54. The Labute approximate surface area is 141 Å². The molecule has 0 saturated heterocycles. The van der Waals surface area contributed by atoms with Crippen molar-refractivity contribution in [3.8, 4) is 5.75 Å². The molecular formula is C18H22INO. The second-order valence-corrected chi connectivity index (χ2v) is 6.41. The Hall–Kier alpha value is -1.23. The molecule has 2 aromatic rings. The molecule has 0 radical (unpaired) electrons. The Bertz CT molecular complexity index is 580. The minimum absolute atomic E-state index is 0.267. The van der Waals surface area contributed by atoms with Crippen LogP contribution < -0.4 is 10.1 Å². The zero-order chi connectivity index (χ0) is 15.2. The van der Waals surface area contributed by atoms with Crippen molar-refractivity contribution in [1.82, 2.24) is 0 Å². The van der Waals surface area contributed by atoms with E-state index >= 15 is 0 Å². The van der Waals surface area contributed by atoms with Crippen molar-refractivity contribution in [2.24, 2.45) is 0 Å². The van der Waals surface area contributed by atoms with Crippen LogP contribution in [0.4, 0.5) is 5.69 Å². The Morgan fingerprint density at radius 2 is 1.86 bits per heavy atom. The van der Waals surface area contributed by atoms with Gasteiger partial charge in [-0.15, -0.1) is 0 Å². The summed E-state index contributed by atoms with van der Waals surface area (Å²) in [5.74, 6) is 0.942. The first kappa shape index (κ1) is 16.1. The zero-order valence-corrected chi connectivity index (χ0v) is 15.0. The maximum Gasteiger partial charge on any atom is 0.119 e. The Kier molecular flexibility index (Phi) is 5.91. The summed E-state index contributed by atoms with van der Waals surface area (Å²) in [6, 6.07) is 15.1. The van der Waals surface area contributed by atoms with Crippen LogP contribution in [-0.2, 0) is 0 Å². The van der Waals surface area contributed by atoms with E-state index in [0.717, 1.165) is 24.5 Å². The molecule has 1 N–H and O–H groups in total. The second kappa shape index (κ2) is 7.69. The van der Waals surface area contributed by atoms with E-state index in [2.05, 4.69) is 79.0 Å². The van der Waals surface area contributed by atoms with Crippen molar-refractivity contribution >= 4 is 28.3 Å². The molecule has 0 amide bonds. The van der Waals surface area contributed by atoms with Crippen molar-refractivity contribution in [2.45, 2.75) is 33.2 Å². The Balaban J connectivity index is 2.02. The highest BCUT2D eigenvalue weighted by Crippen LogP contribution is 2.24. The predicted octanol–water partition coefficient (Wildman–Crippen LogP) is 5.56. The minimum Gasteiger partial charge on any atom is -0.494 e. The number of halogens is 1. The summed E-state index contributed by atoms with van der Waals surface area (Å²) in [6.45, 7) is 7.19. The van der Waals surface area contributed by atoms with Gasteiger partial charge in [0.1, 0.15) is 5.75 Å². The molecule has 2 aromatic carbocycles. The lowest BCUT2D eigenvalue weighted by Gasteiger charge is -2.17. The highest BCUT2D eigenvalue weighted by molar-refractivity contribution is 14.1. The summed E-state index contributed by atoms with van der Waals surface area (Å²) < 4.78 is 6.90. The average molecular weight is 395 g/mol. The average Bonchev–Trinajstić information content (AvgIpc) is 2.49. The number of nitrogens with one attached hydrogen (secondary N) is 1. The molecule has 0 aliphatic rings. The normalized spacial score (nSPS) is 12.0. The van der Waals surface area contributed by atoms with Crippen LogP contribution >= 0.6 is 22.6 Å². The van der Waals surface area contributed by atoms with Crippen molar-refractivity contribution in [2.75, 3.05) is 11.9 Å². The first-order valence-corrected chi connectivity index (χ1v) is 8.43. The number of benzene rings is 2. The summed E-state index contributed by atoms with van der Waals surface area (Å²) in [6.07, 6.45) is 1.03. The molecule has 0 fully saturated rings.